The number of hydrogen-bond donors (Lipinski definition) is 2. The predicted molar refractivity (Wildman–Crippen MR) is 100 cm³/mol. The Bertz CT molecular complexity index is 761. The van der Waals surface area contributed by atoms with Gasteiger partial charge in [0.05, 0.1) is 0 Å². The van der Waals surface area contributed by atoms with Gasteiger partial charge in [-0.05, 0) is 30.9 Å². The molecular formula is C18H22Cl2N4O. The molecule has 1 atom stereocenters. The van der Waals surface area contributed by atoms with Crippen molar-refractivity contribution in [1.29, 1.82) is 0 Å². The molecule has 1 amide bonds. The first kappa shape index (κ1) is 18.2. The number of fused-ring (bicyclic) bond motifs is 1. The van der Waals surface area contributed by atoms with E-state index in [0.717, 1.165) is 67.2 Å². The van der Waals surface area contributed by atoms with E-state index in [4.69, 9.17) is 11.6 Å². The minimum Gasteiger partial charge on any atom is -0.334 e. The van der Waals surface area contributed by atoms with E-state index in [1.807, 2.05) is 29.2 Å². The smallest absolute Gasteiger partial charge is 0.274 e. The summed E-state index contributed by atoms with van der Waals surface area (Å²) >= 11 is 6.30. The van der Waals surface area contributed by atoms with E-state index in [1.54, 1.807) is 0 Å². The molecule has 2 N–H and O–H groups in total. The largest absolute Gasteiger partial charge is 0.334 e. The Hall–Kier alpha value is -1.56. The Morgan fingerprint density at radius 1 is 1.36 bits per heavy atom. The Labute approximate surface area is 158 Å². The van der Waals surface area contributed by atoms with Crippen molar-refractivity contribution in [2.45, 2.75) is 38.3 Å². The molecule has 4 rings (SSSR count). The van der Waals surface area contributed by atoms with Crippen molar-refractivity contribution in [2.75, 3.05) is 13.1 Å². The normalized spacial score (nSPS) is 19.4. The van der Waals surface area contributed by atoms with Gasteiger partial charge in [-0.1, -0.05) is 29.8 Å². The number of nitrogens with one attached hydrogen (secondary N) is 2. The minimum atomic E-state index is 0. The molecule has 0 spiro atoms. The van der Waals surface area contributed by atoms with Gasteiger partial charge in [0.25, 0.3) is 5.91 Å². The molecule has 1 fully saturated rings. The summed E-state index contributed by atoms with van der Waals surface area (Å²) in [6, 6.07) is 8.09. The molecule has 1 aromatic carbocycles. The quantitative estimate of drug-likeness (QED) is 0.860. The van der Waals surface area contributed by atoms with Crippen molar-refractivity contribution >= 4 is 29.9 Å². The Morgan fingerprint density at radius 2 is 2.20 bits per heavy atom. The van der Waals surface area contributed by atoms with Crippen LogP contribution in [0.3, 0.4) is 0 Å². The first-order chi connectivity index (χ1) is 11.7. The second-order valence-corrected chi connectivity index (χ2v) is 6.95. The summed E-state index contributed by atoms with van der Waals surface area (Å²) < 4.78 is 0. The lowest BCUT2D eigenvalue weighted by atomic mass is 10.0. The van der Waals surface area contributed by atoms with Gasteiger partial charge in [0.2, 0.25) is 0 Å². The van der Waals surface area contributed by atoms with Gasteiger partial charge >= 0.3 is 0 Å². The van der Waals surface area contributed by atoms with Crippen molar-refractivity contribution in [3.8, 4) is 0 Å². The number of H-pyrrole nitrogens is 1. The molecule has 2 aliphatic rings. The number of aromatic nitrogens is 2. The van der Waals surface area contributed by atoms with Crippen molar-refractivity contribution < 1.29 is 4.79 Å². The molecule has 2 aliphatic heterocycles. The molecule has 5 nitrogen and oxygen atoms in total. The topological polar surface area (TPSA) is 61.0 Å². The van der Waals surface area contributed by atoms with Crippen LogP contribution in [0.1, 0.15) is 40.2 Å². The van der Waals surface area contributed by atoms with E-state index in [2.05, 4.69) is 15.5 Å². The molecule has 0 saturated carbocycles. The monoisotopic (exact) mass is 380 g/mol. The lowest BCUT2D eigenvalue weighted by Gasteiger charge is -2.25. The summed E-state index contributed by atoms with van der Waals surface area (Å²) in [6.07, 6.45) is 3.75. The summed E-state index contributed by atoms with van der Waals surface area (Å²) in [6.45, 7) is 2.45. The standard InChI is InChI=1S/C18H21ClN4O.ClH/c19-15-6-2-1-4-12(15)10-13-5-3-9-23(13)18(24)17-14-11-20-8-7-16(14)21-22-17;/h1-2,4,6,13,20H,3,5,7-11H2,(H,21,22);1H. The summed E-state index contributed by atoms with van der Waals surface area (Å²) in [7, 11) is 0. The number of likely N-dealkylation sites (tertiary alicyclic amines) is 1. The Morgan fingerprint density at radius 3 is 3.04 bits per heavy atom. The van der Waals surface area contributed by atoms with Gasteiger partial charge in [0, 0.05) is 48.4 Å². The summed E-state index contributed by atoms with van der Waals surface area (Å²) in [4.78, 5) is 15.0. The molecule has 0 aliphatic carbocycles. The van der Waals surface area contributed by atoms with E-state index in [0.29, 0.717) is 5.69 Å². The zero-order valence-corrected chi connectivity index (χ0v) is 15.5. The second kappa shape index (κ2) is 7.77. The average molecular weight is 381 g/mol. The highest BCUT2D eigenvalue weighted by atomic mass is 35.5. The molecule has 1 saturated heterocycles. The van der Waals surface area contributed by atoms with Gasteiger partial charge in [-0.2, -0.15) is 5.10 Å². The molecule has 1 unspecified atom stereocenters. The number of benzene rings is 1. The van der Waals surface area contributed by atoms with Crippen LogP contribution >= 0.6 is 24.0 Å². The van der Waals surface area contributed by atoms with Crippen LogP contribution in [-0.4, -0.2) is 40.1 Å². The minimum absolute atomic E-state index is 0. The van der Waals surface area contributed by atoms with Crippen LogP contribution in [0.5, 0.6) is 0 Å². The Balaban J connectivity index is 0.00000182. The number of halogens is 2. The highest BCUT2D eigenvalue weighted by Crippen LogP contribution is 2.27. The molecule has 2 aromatic rings. The average Bonchev–Trinajstić information content (AvgIpc) is 3.23. The van der Waals surface area contributed by atoms with Crippen molar-refractivity contribution in [3.63, 3.8) is 0 Å². The third-order valence-corrected chi connectivity index (χ3v) is 5.43. The van der Waals surface area contributed by atoms with Crippen molar-refractivity contribution in [1.82, 2.24) is 20.4 Å². The number of carbonyl (C=O) groups is 1. The van der Waals surface area contributed by atoms with Crippen LogP contribution in [0.15, 0.2) is 24.3 Å². The highest BCUT2D eigenvalue weighted by molar-refractivity contribution is 6.31. The first-order valence-electron chi connectivity index (χ1n) is 8.55. The summed E-state index contributed by atoms with van der Waals surface area (Å²) in [5, 5.41) is 11.5. The van der Waals surface area contributed by atoms with Crippen LogP contribution in [0.4, 0.5) is 0 Å². The van der Waals surface area contributed by atoms with Crippen LogP contribution in [-0.2, 0) is 19.4 Å². The number of aromatic amines is 1. The zero-order chi connectivity index (χ0) is 16.5. The molecule has 7 heteroatoms. The molecule has 0 bridgehead atoms. The highest BCUT2D eigenvalue weighted by Gasteiger charge is 2.33. The van der Waals surface area contributed by atoms with E-state index in [9.17, 15) is 4.79 Å². The summed E-state index contributed by atoms with van der Waals surface area (Å²) in [5.41, 5.74) is 3.83. The summed E-state index contributed by atoms with van der Waals surface area (Å²) in [5.74, 6) is 0.0470. The van der Waals surface area contributed by atoms with E-state index in [-0.39, 0.29) is 24.4 Å². The fourth-order valence-corrected chi connectivity index (χ4v) is 3.98. The van der Waals surface area contributed by atoms with E-state index >= 15 is 0 Å². The molecular weight excluding hydrogens is 359 g/mol. The SMILES string of the molecule is Cl.O=C(c1n[nH]c2c1CNCC2)N1CCCC1Cc1ccccc1Cl. The third kappa shape index (κ3) is 3.54. The number of rotatable bonds is 3. The maximum absolute atomic E-state index is 13.0. The van der Waals surface area contributed by atoms with Gasteiger partial charge in [0.1, 0.15) is 0 Å². The van der Waals surface area contributed by atoms with Gasteiger partial charge in [0.15, 0.2) is 5.69 Å². The lowest BCUT2D eigenvalue weighted by molar-refractivity contribution is 0.0729. The van der Waals surface area contributed by atoms with Gasteiger partial charge in [-0.3, -0.25) is 9.89 Å². The first-order valence-corrected chi connectivity index (χ1v) is 8.93. The molecule has 0 radical (unpaired) electrons. The number of nitrogens with zero attached hydrogens (tertiary/aromatic N) is 2. The molecule has 25 heavy (non-hydrogen) atoms. The van der Waals surface area contributed by atoms with Crippen molar-refractivity contribution in [3.05, 3.63) is 51.8 Å². The number of carbonyl (C=O) groups excluding carboxylic acids is 1. The van der Waals surface area contributed by atoms with E-state index < -0.39 is 0 Å². The zero-order valence-electron chi connectivity index (χ0n) is 13.9. The molecule has 134 valence electrons. The lowest BCUT2D eigenvalue weighted by Crippen LogP contribution is -2.38. The van der Waals surface area contributed by atoms with Crippen LogP contribution < -0.4 is 5.32 Å². The second-order valence-electron chi connectivity index (χ2n) is 6.55. The third-order valence-electron chi connectivity index (χ3n) is 5.06. The van der Waals surface area contributed by atoms with Crippen LogP contribution in [0.25, 0.3) is 0 Å². The van der Waals surface area contributed by atoms with Crippen molar-refractivity contribution in [2.24, 2.45) is 0 Å². The predicted octanol–water partition coefficient (Wildman–Crippen LogP) is 2.98. The van der Waals surface area contributed by atoms with Gasteiger partial charge < -0.3 is 10.2 Å². The fraction of sp³-hybridized carbons (Fsp3) is 0.444. The maximum Gasteiger partial charge on any atom is 0.274 e. The van der Waals surface area contributed by atoms with Crippen LogP contribution in [0.2, 0.25) is 5.02 Å². The maximum atomic E-state index is 13.0. The molecule has 3 heterocycles. The molecule has 1 aromatic heterocycles. The van der Waals surface area contributed by atoms with Gasteiger partial charge in [-0.25, -0.2) is 0 Å². The Kier molecular flexibility index (Phi) is 5.67. The number of amides is 1. The van der Waals surface area contributed by atoms with Gasteiger partial charge in [-0.15, -0.1) is 12.4 Å². The van der Waals surface area contributed by atoms with Crippen LogP contribution in [0, 0.1) is 0 Å². The van der Waals surface area contributed by atoms with E-state index in [1.165, 1.54) is 0 Å². The fourth-order valence-electron chi connectivity index (χ4n) is 3.77. The number of hydrogen-bond acceptors (Lipinski definition) is 3.